The van der Waals surface area contributed by atoms with Crippen molar-refractivity contribution < 1.29 is 19.1 Å². The van der Waals surface area contributed by atoms with Crippen LogP contribution < -0.4 is 20.1 Å². The fourth-order valence-electron chi connectivity index (χ4n) is 3.36. The van der Waals surface area contributed by atoms with Crippen molar-refractivity contribution in [3.63, 3.8) is 0 Å². The molecule has 2 N–H and O–H groups in total. The predicted molar refractivity (Wildman–Crippen MR) is 121 cm³/mol. The molecule has 2 amide bonds. The third-order valence-corrected chi connectivity index (χ3v) is 4.85. The molecule has 0 aromatic heterocycles. The maximum absolute atomic E-state index is 12.8. The van der Waals surface area contributed by atoms with Crippen LogP contribution in [0.15, 0.2) is 72.8 Å². The standard InChI is InChI=1S/C25H26N2O4/c1-17(28)26-23(19-7-5-4-6-8-19)16-25(29)27-20-11-14-24(31-3)22(15-20)18-9-12-21(30-2)13-10-18/h4-15,23H,16H2,1-3H3,(H,26,28)(H,27,29)/t23-/m0/s1. The van der Waals surface area contributed by atoms with Gasteiger partial charge in [0.1, 0.15) is 11.5 Å². The molecule has 0 bridgehead atoms. The van der Waals surface area contributed by atoms with Crippen LogP contribution in [0.2, 0.25) is 0 Å². The topological polar surface area (TPSA) is 76.7 Å². The predicted octanol–water partition coefficient (Wildman–Crippen LogP) is 4.58. The van der Waals surface area contributed by atoms with Crippen LogP contribution in [0.1, 0.15) is 24.9 Å². The van der Waals surface area contributed by atoms with Crippen LogP contribution in [-0.2, 0) is 9.59 Å². The fourth-order valence-corrected chi connectivity index (χ4v) is 3.36. The maximum atomic E-state index is 12.8. The molecule has 0 heterocycles. The van der Waals surface area contributed by atoms with E-state index in [1.165, 1.54) is 6.92 Å². The van der Waals surface area contributed by atoms with Crippen molar-refractivity contribution in [1.29, 1.82) is 0 Å². The van der Waals surface area contributed by atoms with E-state index in [0.717, 1.165) is 22.4 Å². The highest BCUT2D eigenvalue weighted by molar-refractivity contribution is 5.93. The summed E-state index contributed by atoms with van der Waals surface area (Å²) < 4.78 is 10.7. The minimum absolute atomic E-state index is 0.119. The maximum Gasteiger partial charge on any atom is 0.226 e. The van der Waals surface area contributed by atoms with Gasteiger partial charge in [0.15, 0.2) is 0 Å². The van der Waals surface area contributed by atoms with Crippen LogP contribution in [0.4, 0.5) is 5.69 Å². The number of methoxy groups -OCH3 is 2. The molecule has 1 atom stereocenters. The van der Waals surface area contributed by atoms with Crippen molar-refractivity contribution in [3.05, 3.63) is 78.4 Å². The first-order valence-corrected chi connectivity index (χ1v) is 9.94. The van der Waals surface area contributed by atoms with Gasteiger partial charge in [-0.1, -0.05) is 42.5 Å². The van der Waals surface area contributed by atoms with Gasteiger partial charge in [0.2, 0.25) is 11.8 Å². The molecule has 3 aromatic carbocycles. The number of carbonyl (C=O) groups excluding carboxylic acids is 2. The second-order valence-electron chi connectivity index (χ2n) is 7.06. The van der Waals surface area contributed by atoms with Gasteiger partial charge in [-0.2, -0.15) is 0 Å². The Labute approximate surface area is 182 Å². The van der Waals surface area contributed by atoms with Crippen LogP contribution in [0.3, 0.4) is 0 Å². The molecule has 0 fully saturated rings. The summed E-state index contributed by atoms with van der Waals surface area (Å²) in [5, 5.41) is 5.78. The van der Waals surface area contributed by atoms with E-state index >= 15 is 0 Å². The van der Waals surface area contributed by atoms with E-state index in [-0.39, 0.29) is 18.2 Å². The molecule has 0 spiro atoms. The van der Waals surface area contributed by atoms with Gasteiger partial charge in [0.05, 0.1) is 26.7 Å². The summed E-state index contributed by atoms with van der Waals surface area (Å²) in [5.41, 5.74) is 3.31. The third-order valence-electron chi connectivity index (χ3n) is 4.85. The quantitative estimate of drug-likeness (QED) is 0.562. The fraction of sp³-hybridized carbons (Fsp3) is 0.200. The molecular formula is C25H26N2O4. The average molecular weight is 418 g/mol. The average Bonchev–Trinajstić information content (AvgIpc) is 2.79. The van der Waals surface area contributed by atoms with Crippen molar-refractivity contribution in [2.45, 2.75) is 19.4 Å². The molecule has 0 aliphatic heterocycles. The van der Waals surface area contributed by atoms with E-state index in [0.29, 0.717) is 11.4 Å². The molecule has 0 saturated carbocycles. The van der Waals surface area contributed by atoms with Crippen molar-refractivity contribution in [3.8, 4) is 22.6 Å². The summed E-state index contributed by atoms with van der Waals surface area (Å²) in [6, 6.07) is 22.1. The lowest BCUT2D eigenvalue weighted by Gasteiger charge is -2.18. The van der Waals surface area contributed by atoms with Crippen molar-refractivity contribution in [2.75, 3.05) is 19.5 Å². The number of benzene rings is 3. The Morgan fingerprint density at radius 3 is 2.23 bits per heavy atom. The number of nitrogens with one attached hydrogen (secondary N) is 2. The monoisotopic (exact) mass is 418 g/mol. The van der Waals surface area contributed by atoms with Crippen LogP contribution in [0.5, 0.6) is 11.5 Å². The Morgan fingerprint density at radius 2 is 1.61 bits per heavy atom. The number of ether oxygens (including phenoxy) is 2. The van der Waals surface area contributed by atoms with E-state index in [9.17, 15) is 9.59 Å². The number of rotatable bonds is 8. The summed E-state index contributed by atoms with van der Waals surface area (Å²) >= 11 is 0. The molecule has 160 valence electrons. The van der Waals surface area contributed by atoms with E-state index in [1.54, 1.807) is 20.3 Å². The second-order valence-corrected chi connectivity index (χ2v) is 7.06. The third kappa shape index (κ3) is 5.85. The van der Waals surface area contributed by atoms with Gasteiger partial charge in [-0.05, 0) is 41.5 Å². The largest absolute Gasteiger partial charge is 0.497 e. The Bertz CT molecular complexity index is 1030. The number of hydrogen-bond acceptors (Lipinski definition) is 4. The normalized spacial score (nSPS) is 11.3. The molecule has 6 heteroatoms. The van der Waals surface area contributed by atoms with Crippen LogP contribution >= 0.6 is 0 Å². The zero-order valence-corrected chi connectivity index (χ0v) is 17.8. The minimum atomic E-state index is -0.405. The molecule has 0 aliphatic rings. The first-order chi connectivity index (χ1) is 15.0. The van der Waals surface area contributed by atoms with Crippen molar-refractivity contribution in [2.24, 2.45) is 0 Å². The van der Waals surface area contributed by atoms with Gasteiger partial charge in [0, 0.05) is 18.2 Å². The summed E-state index contributed by atoms with van der Waals surface area (Å²) in [6.45, 7) is 1.44. The van der Waals surface area contributed by atoms with Crippen molar-refractivity contribution >= 4 is 17.5 Å². The molecule has 0 unspecified atom stereocenters. The summed E-state index contributed by atoms with van der Waals surface area (Å²) in [4.78, 5) is 24.4. The van der Waals surface area contributed by atoms with E-state index in [2.05, 4.69) is 10.6 Å². The molecule has 0 radical (unpaired) electrons. The smallest absolute Gasteiger partial charge is 0.226 e. The van der Waals surface area contributed by atoms with Gasteiger partial charge in [-0.25, -0.2) is 0 Å². The van der Waals surface area contributed by atoms with Gasteiger partial charge >= 0.3 is 0 Å². The lowest BCUT2D eigenvalue weighted by molar-refractivity contribution is -0.120. The summed E-state index contributed by atoms with van der Waals surface area (Å²) in [7, 11) is 3.23. The lowest BCUT2D eigenvalue weighted by Crippen LogP contribution is -2.29. The zero-order valence-electron chi connectivity index (χ0n) is 17.8. The number of anilines is 1. The number of carbonyl (C=O) groups is 2. The van der Waals surface area contributed by atoms with Crippen molar-refractivity contribution in [1.82, 2.24) is 5.32 Å². The molecule has 0 aliphatic carbocycles. The van der Waals surface area contributed by atoms with E-state index < -0.39 is 6.04 Å². The van der Waals surface area contributed by atoms with Gasteiger partial charge in [-0.15, -0.1) is 0 Å². The molecule has 0 saturated heterocycles. The molecule has 3 rings (SSSR count). The van der Waals surface area contributed by atoms with E-state index in [4.69, 9.17) is 9.47 Å². The van der Waals surface area contributed by atoms with Gasteiger partial charge < -0.3 is 20.1 Å². The second kappa shape index (κ2) is 10.3. The SMILES string of the molecule is COc1ccc(-c2cc(NC(=O)C[C@H](NC(C)=O)c3ccccc3)ccc2OC)cc1. The number of amides is 2. The van der Waals surface area contributed by atoms with Crippen LogP contribution in [0.25, 0.3) is 11.1 Å². The highest BCUT2D eigenvalue weighted by Gasteiger charge is 2.17. The first-order valence-electron chi connectivity index (χ1n) is 9.94. The highest BCUT2D eigenvalue weighted by atomic mass is 16.5. The molecule has 3 aromatic rings. The Kier molecular flexibility index (Phi) is 7.27. The van der Waals surface area contributed by atoms with Crippen LogP contribution in [-0.4, -0.2) is 26.0 Å². The highest BCUT2D eigenvalue weighted by Crippen LogP contribution is 2.33. The number of hydrogen-bond donors (Lipinski definition) is 2. The first kappa shape index (κ1) is 21.9. The lowest BCUT2D eigenvalue weighted by atomic mass is 10.0. The van der Waals surface area contributed by atoms with E-state index in [1.807, 2.05) is 66.7 Å². The molecular weight excluding hydrogens is 392 g/mol. The molecule has 6 nitrogen and oxygen atoms in total. The Balaban J connectivity index is 1.79. The summed E-state index contributed by atoms with van der Waals surface area (Å²) in [5.74, 6) is 1.07. The summed E-state index contributed by atoms with van der Waals surface area (Å²) in [6.07, 6.45) is 0.119. The zero-order chi connectivity index (χ0) is 22.2. The van der Waals surface area contributed by atoms with Gasteiger partial charge in [0.25, 0.3) is 0 Å². The van der Waals surface area contributed by atoms with Gasteiger partial charge in [-0.3, -0.25) is 9.59 Å². The Hall–Kier alpha value is -3.80. The Morgan fingerprint density at radius 1 is 0.903 bits per heavy atom. The molecule has 31 heavy (non-hydrogen) atoms. The van der Waals surface area contributed by atoms with Crippen LogP contribution in [0, 0.1) is 0 Å². The minimum Gasteiger partial charge on any atom is -0.497 e.